The van der Waals surface area contributed by atoms with Crippen molar-refractivity contribution in [1.29, 1.82) is 0 Å². The molecule has 1 heterocycles. The minimum atomic E-state index is -0.666. The highest BCUT2D eigenvalue weighted by Gasteiger charge is 2.19. The summed E-state index contributed by atoms with van der Waals surface area (Å²) in [4.78, 5) is 11.8. The molecule has 1 aromatic carbocycles. The molecular formula is C15H20F2N2O. The maximum Gasteiger partial charge on any atom is 0.220 e. The van der Waals surface area contributed by atoms with E-state index in [4.69, 9.17) is 0 Å². The highest BCUT2D eigenvalue weighted by atomic mass is 19.1. The zero-order chi connectivity index (χ0) is 14.5. The molecule has 0 radical (unpaired) electrons. The van der Waals surface area contributed by atoms with Crippen LogP contribution in [0, 0.1) is 11.6 Å². The molecule has 2 rings (SSSR count). The lowest BCUT2D eigenvalue weighted by molar-refractivity contribution is -0.121. The van der Waals surface area contributed by atoms with Crippen molar-refractivity contribution in [3.63, 3.8) is 0 Å². The topological polar surface area (TPSA) is 41.1 Å². The summed E-state index contributed by atoms with van der Waals surface area (Å²) in [5, 5.41) is 5.97. The number of nitrogens with one attached hydrogen (secondary N) is 2. The van der Waals surface area contributed by atoms with Gasteiger partial charge in [0, 0.05) is 18.0 Å². The molecule has 3 nitrogen and oxygen atoms in total. The standard InChI is InChI=1S/C15H20F2N2O/c1-10(15-12(16)5-2-6-13(15)17)19-14(20)8-7-11-4-3-9-18-11/h2,5-6,10-11,18H,3-4,7-9H2,1H3,(H,19,20). The predicted molar refractivity (Wildman–Crippen MR) is 73.2 cm³/mol. The lowest BCUT2D eigenvalue weighted by atomic mass is 10.1. The van der Waals surface area contributed by atoms with Gasteiger partial charge in [0.15, 0.2) is 0 Å². The van der Waals surface area contributed by atoms with Crippen LogP contribution >= 0.6 is 0 Å². The molecule has 1 saturated heterocycles. The summed E-state index contributed by atoms with van der Waals surface area (Å²) < 4.78 is 27.2. The largest absolute Gasteiger partial charge is 0.349 e. The summed E-state index contributed by atoms with van der Waals surface area (Å²) in [6.45, 7) is 2.59. The van der Waals surface area contributed by atoms with Crippen LogP contribution in [0.2, 0.25) is 0 Å². The van der Waals surface area contributed by atoms with E-state index in [0.29, 0.717) is 12.5 Å². The fraction of sp³-hybridized carbons (Fsp3) is 0.533. The Balaban J connectivity index is 1.87. The molecule has 1 aromatic rings. The van der Waals surface area contributed by atoms with Gasteiger partial charge < -0.3 is 10.6 Å². The highest BCUT2D eigenvalue weighted by Crippen LogP contribution is 2.20. The van der Waals surface area contributed by atoms with Gasteiger partial charge in [0.05, 0.1) is 6.04 Å². The van der Waals surface area contributed by atoms with Crippen LogP contribution in [0.1, 0.15) is 44.2 Å². The molecule has 0 aromatic heterocycles. The van der Waals surface area contributed by atoms with Crippen LogP contribution < -0.4 is 10.6 Å². The second-order valence-corrected chi connectivity index (χ2v) is 5.26. The van der Waals surface area contributed by atoms with Crippen molar-refractivity contribution in [1.82, 2.24) is 10.6 Å². The van der Waals surface area contributed by atoms with Crippen molar-refractivity contribution in [3.8, 4) is 0 Å². The smallest absolute Gasteiger partial charge is 0.220 e. The molecule has 110 valence electrons. The Hall–Kier alpha value is -1.49. The van der Waals surface area contributed by atoms with Crippen molar-refractivity contribution >= 4 is 5.91 Å². The van der Waals surface area contributed by atoms with Crippen LogP contribution in [0.25, 0.3) is 0 Å². The first-order valence-corrected chi connectivity index (χ1v) is 7.04. The van der Waals surface area contributed by atoms with Gasteiger partial charge in [-0.3, -0.25) is 4.79 Å². The molecule has 1 aliphatic rings. The zero-order valence-electron chi connectivity index (χ0n) is 11.6. The van der Waals surface area contributed by atoms with Gasteiger partial charge in [-0.25, -0.2) is 8.78 Å². The van der Waals surface area contributed by atoms with E-state index < -0.39 is 17.7 Å². The van der Waals surface area contributed by atoms with E-state index in [-0.39, 0.29) is 11.5 Å². The fourth-order valence-electron chi connectivity index (χ4n) is 2.62. The molecule has 0 spiro atoms. The summed E-state index contributed by atoms with van der Waals surface area (Å²) in [6, 6.07) is 3.43. The van der Waals surface area contributed by atoms with E-state index in [1.54, 1.807) is 6.92 Å². The molecule has 2 unspecified atom stereocenters. The summed E-state index contributed by atoms with van der Waals surface area (Å²) in [5.74, 6) is -1.43. The molecule has 2 atom stereocenters. The second-order valence-electron chi connectivity index (χ2n) is 5.26. The molecular weight excluding hydrogens is 262 g/mol. The third kappa shape index (κ3) is 3.76. The Labute approximate surface area is 117 Å². The molecule has 2 N–H and O–H groups in total. The number of halogens is 2. The van der Waals surface area contributed by atoms with Crippen LogP contribution in [0.15, 0.2) is 18.2 Å². The van der Waals surface area contributed by atoms with E-state index >= 15 is 0 Å². The van der Waals surface area contributed by atoms with E-state index in [1.165, 1.54) is 18.2 Å². The first kappa shape index (κ1) is 14.9. The van der Waals surface area contributed by atoms with Crippen molar-refractivity contribution in [2.45, 2.75) is 44.7 Å². The van der Waals surface area contributed by atoms with Crippen LogP contribution in [0.4, 0.5) is 8.78 Å². The number of hydrogen-bond acceptors (Lipinski definition) is 2. The summed E-state index contributed by atoms with van der Waals surface area (Å²) in [6.07, 6.45) is 3.37. The number of benzene rings is 1. The van der Waals surface area contributed by atoms with E-state index in [9.17, 15) is 13.6 Å². The Morgan fingerprint density at radius 2 is 2.15 bits per heavy atom. The van der Waals surface area contributed by atoms with Gasteiger partial charge in [0.1, 0.15) is 11.6 Å². The summed E-state index contributed by atoms with van der Waals surface area (Å²) in [7, 11) is 0. The number of carbonyl (C=O) groups is 1. The molecule has 1 fully saturated rings. The van der Waals surface area contributed by atoms with Crippen molar-refractivity contribution in [3.05, 3.63) is 35.4 Å². The maximum absolute atomic E-state index is 13.6. The van der Waals surface area contributed by atoms with E-state index in [2.05, 4.69) is 10.6 Å². The van der Waals surface area contributed by atoms with Crippen molar-refractivity contribution in [2.75, 3.05) is 6.54 Å². The van der Waals surface area contributed by atoms with Crippen LogP contribution in [-0.4, -0.2) is 18.5 Å². The monoisotopic (exact) mass is 282 g/mol. The SMILES string of the molecule is CC(NC(=O)CCC1CCCN1)c1c(F)cccc1F. The minimum Gasteiger partial charge on any atom is -0.349 e. The number of amides is 1. The Morgan fingerprint density at radius 1 is 1.45 bits per heavy atom. The lowest BCUT2D eigenvalue weighted by Crippen LogP contribution is -2.30. The molecule has 5 heteroatoms. The summed E-state index contributed by atoms with van der Waals surface area (Å²) in [5.41, 5.74) is -0.0835. The third-order valence-electron chi connectivity index (χ3n) is 3.69. The Kier molecular flexibility index (Phi) is 5.06. The van der Waals surface area contributed by atoms with Crippen LogP contribution in [0.3, 0.4) is 0 Å². The van der Waals surface area contributed by atoms with Crippen molar-refractivity contribution in [2.24, 2.45) is 0 Å². The average molecular weight is 282 g/mol. The van der Waals surface area contributed by atoms with Gasteiger partial charge in [-0.05, 0) is 44.9 Å². The van der Waals surface area contributed by atoms with Gasteiger partial charge in [-0.1, -0.05) is 6.07 Å². The molecule has 0 aliphatic carbocycles. The summed E-state index contributed by atoms with van der Waals surface area (Å²) >= 11 is 0. The normalized spacial score (nSPS) is 19.9. The van der Waals surface area contributed by atoms with Gasteiger partial charge in [-0.15, -0.1) is 0 Å². The highest BCUT2D eigenvalue weighted by molar-refractivity contribution is 5.76. The van der Waals surface area contributed by atoms with Crippen LogP contribution in [0.5, 0.6) is 0 Å². The molecule has 1 amide bonds. The third-order valence-corrected chi connectivity index (χ3v) is 3.69. The predicted octanol–water partition coefficient (Wildman–Crippen LogP) is 2.67. The number of hydrogen-bond donors (Lipinski definition) is 2. The van der Waals surface area contributed by atoms with Crippen molar-refractivity contribution < 1.29 is 13.6 Å². The first-order valence-electron chi connectivity index (χ1n) is 7.04. The maximum atomic E-state index is 13.6. The molecule has 20 heavy (non-hydrogen) atoms. The van der Waals surface area contributed by atoms with E-state index in [1.807, 2.05) is 0 Å². The quantitative estimate of drug-likeness (QED) is 0.871. The lowest BCUT2D eigenvalue weighted by Gasteiger charge is -2.16. The van der Waals surface area contributed by atoms with Gasteiger partial charge >= 0.3 is 0 Å². The number of rotatable bonds is 5. The van der Waals surface area contributed by atoms with E-state index in [0.717, 1.165) is 25.8 Å². The average Bonchev–Trinajstić information content (AvgIpc) is 2.89. The number of carbonyl (C=O) groups excluding carboxylic acids is 1. The second kappa shape index (κ2) is 6.79. The van der Waals surface area contributed by atoms with Gasteiger partial charge in [0.2, 0.25) is 5.91 Å². The minimum absolute atomic E-state index is 0.0835. The Morgan fingerprint density at radius 3 is 2.75 bits per heavy atom. The fourth-order valence-corrected chi connectivity index (χ4v) is 2.62. The molecule has 0 bridgehead atoms. The van der Waals surface area contributed by atoms with Gasteiger partial charge in [0.25, 0.3) is 0 Å². The first-order chi connectivity index (χ1) is 9.58. The molecule has 0 saturated carbocycles. The van der Waals surface area contributed by atoms with Crippen LogP contribution in [-0.2, 0) is 4.79 Å². The zero-order valence-corrected chi connectivity index (χ0v) is 11.6. The Bertz CT molecular complexity index is 453. The van der Waals surface area contributed by atoms with Gasteiger partial charge in [-0.2, -0.15) is 0 Å². The molecule has 1 aliphatic heterocycles.